The first-order valence-electron chi connectivity index (χ1n) is 7.30. The van der Waals surface area contributed by atoms with Crippen LogP contribution in [0.5, 0.6) is 5.75 Å². The Morgan fingerprint density at radius 3 is 2.65 bits per heavy atom. The molecule has 1 saturated heterocycles. The highest BCUT2D eigenvalue weighted by Gasteiger charge is 2.19. The van der Waals surface area contributed by atoms with Crippen LogP contribution in [0.15, 0.2) is 18.2 Å². The van der Waals surface area contributed by atoms with Crippen LogP contribution in [0.1, 0.15) is 42.1 Å². The van der Waals surface area contributed by atoms with Crippen molar-refractivity contribution in [3.63, 3.8) is 0 Å². The molecule has 1 aliphatic heterocycles. The number of benzene rings is 1. The summed E-state index contributed by atoms with van der Waals surface area (Å²) in [6.07, 6.45) is 3.43. The Morgan fingerprint density at radius 1 is 1.25 bits per heavy atom. The van der Waals surface area contributed by atoms with Gasteiger partial charge in [-0.3, -0.25) is 4.79 Å². The third kappa shape index (κ3) is 3.51. The van der Waals surface area contributed by atoms with Gasteiger partial charge in [0.15, 0.2) is 0 Å². The average molecular weight is 277 g/mol. The molecule has 0 spiro atoms. The lowest BCUT2D eigenvalue weighted by atomic mass is 10.1. The Balaban J connectivity index is 2.18. The summed E-state index contributed by atoms with van der Waals surface area (Å²) in [5.74, 6) is 0.912. The molecule has 2 rings (SSSR count). The lowest BCUT2D eigenvalue weighted by molar-refractivity contribution is 0.0724. The normalized spacial score (nSPS) is 15.2. The monoisotopic (exact) mass is 277 g/mol. The number of ether oxygens (including phenoxy) is 2. The fourth-order valence-electron chi connectivity index (χ4n) is 2.56. The molecule has 0 aromatic heterocycles. The van der Waals surface area contributed by atoms with Crippen LogP contribution in [0.4, 0.5) is 0 Å². The van der Waals surface area contributed by atoms with Gasteiger partial charge in [-0.1, -0.05) is 0 Å². The van der Waals surface area contributed by atoms with Crippen LogP contribution in [0, 0.1) is 0 Å². The van der Waals surface area contributed by atoms with E-state index in [9.17, 15) is 4.79 Å². The average Bonchev–Trinajstić information content (AvgIpc) is 2.50. The minimum atomic E-state index is 0.116. The summed E-state index contributed by atoms with van der Waals surface area (Å²) < 4.78 is 10.8. The van der Waals surface area contributed by atoms with Crippen LogP contribution in [0.25, 0.3) is 0 Å². The molecule has 4 nitrogen and oxygen atoms in total. The molecule has 0 saturated carbocycles. The van der Waals surface area contributed by atoms with Crippen LogP contribution in [-0.4, -0.2) is 37.6 Å². The standard InChI is InChI=1S/C16H23NO3/c1-3-20-15-8-7-13(11-14(15)12-19-2)16(18)17-9-5-4-6-10-17/h7-8,11H,3-6,9-10,12H2,1-2H3. The Bertz CT molecular complexity index is 453. The number of amides is 1. The van der Waals surface area contributed by atoms with Gasteiger partial charge in [-0.05, 0) is 44.4 Å². The first-order valence-corrected chi connectivity index (χ1v) is 7.30. The minimum absolute atomic E-state index is 0.116. The lowest BCUT2D eigenvalue weighted by Crippen LogP contribution is -2.35. The SMILES string of the molecule is CCOc1ccc(C(=O)N2CCCCC2)cc1COC. The molecule has 1 heterocycles. The molecule has 4 heteroatoms. The first kappa shape index (κ1) is 14.9. The first-order chi connectivity index (χ1) is 9.76. The van der Waals surface area contributed by atoms with Gasteiger partial charge in [0.2, 0.25) is 0 Å². The van der Waals surface area contributed by atoms with Crippen LogP contribution >= 0.6 is 0 Å². The molecule has 0 radical (unpaired) electrons. The second-order valence-electron chi connectivity index (χ2n) is 5.04. The molecule has 0 bridgehead atoms. The number of likely N-dealkylation sites (tertiary alicyclic amines) is 1. The molecule has 0 aliphatic carbocycles. The third-order valence-electron chi connectivity index (χ3n) is 3.55. The Labute approximate surface area is 120 Å². The van der Waals surface area contributed by atoms with Gasteiger partial charge in [0.05, 0.1) is 13.2 Å². The van der Waals surface area contributed by atoms with Crippen molar-refractivity contribution in [1.29, 1.82) is 0 Å². The zero-order valence-electron chi connectivity index (χ0n) is 12.4. The molecule has 20 heavy (non-hydrogen) atoms. The molecule has 1 fully saturated rings. The van der Waals surface area contributed by atoms with Gasteiger partial charge < -0.3 is 14.4 Å². The van der Waals surface area contributed by atoms with E-state index in [1.807, 2.05) is 30.0 Å². The van der Waals surface area contributed by atoms with Gasteiger partial charge in [-0.15, -0.1) is 0 Å². The molecule has 110 valence electrons. The number of carbonyl (C=O) groups excluding carboxylic acids is 1. The van der Waals surface area contributed by atoms with Gasteiger partial charge in [0.1, 0.15) is 5.75 Å². The highest BCUT2D eigenvalue weighted by atomic mass is 16.5. The van der Waals surface area contributed by atoms with E-state index in [4.69, 9.17) is 9.47 Å². The van der Waals surface area contributed by atoms with Gasteiger partial charge in [-0.2, -0.15) is 0 Å². The molecule has 0 atom stereocenters. The maximum atomic E-state index is 12.5. The molecular weight excluding hydrogens is 254 g/mol. The van der Waals surface area contributed by atoms with E-state index < -0.39 is 0 Å². The predicted octanol–water partition coefficient (Wildman–Crippen LogP) is 2.86. The number of piperidine rings is 1. The maximum absolute atomic E-state index is 12.5. The van der Waals surface area contributed by atoms with E-state index in [-0.39, 0.29) is 5.91 Å². The van der Waals surface area contributed by atoms with Crippen molar-refractivity contribution in [3.8, 4) is 5.75 Å². The van der Waals surface area contributed by atoms with E-state index in [2.05, 4.69) is 0 Å². The van der Waals surface area contributed by atoms with Crippen molar-refractivity contribution < 1.29 is 14.3 Å². The molecule has 0 N–H and O–H groups in total. The predicted molar refractivity (Wildman–Crippen MR) is 78.1 cm³/mol. The number of rotatable bonds is 5. The van der Waals surface area contributed by atoms with E-state index in [0.717, 1.165) is 42.8 Å². The highest BCUT2D eigenvalue weighted by molar-refractivity contribution is 5.94. The number of hydrogen-bond acceptors (Lipinski definition) is 3. The summed E-state index contributed by atoms with van der Waals surface area (Å²) in [7, 11) is 1.65. The summed E-state index contributed by atoms with van der Waals surface area (Å²) in [5.41, 5.74) is 1.65. The zero-order valence-corrected chi connectivity index (χ0v) is 12.4. The van der Waals surface area contributed by atoms with Crippen LogP contribution in [0.2, 0.25) is 0 Å². The van der Waals surface area contributed by atoms with Crippen molar-refractivity contribution in [2.45, 2.75) is 32.8 Å². The fourth-order valence-corrected chi connectivity index (χ4v) is 2.56. The summed E-state index contributed by atoms with van der Waals surface area (Å²) in [6, 6.07) is 5.61. The summed E-state index contributed by atoms with van der Waals surface area (Å²) >= 11 is 0. The Kier molecular flexibility index (Phi) is 5.41. The largest absolute Gasteiger partial charge is 0.494 e. The van der Waals surface area contributed by atoms with E-state index in [1.54, 1.807) is 7.11 Å². The lowest BCUT2D eigenvalue weighted by Gasteiger charge is -2.27. The topological polar surface area (TPSA) is 38.8 Å². The molecule has 1 aromatic carbocycles. The second-order valence-corrected chi connectivity index (χ2v) is 5.04. The molecule has 1 aromatic rings. The maximum Gasteiger partial charge on any atom is 0.253 e. The Morgan fingerprint density at radius 2 is 2.00 bits per heavy atom. The van der Waals surface area contributed by atoms with Crippen molar-refractivity contribution in [1.82, 2.24) is 4.90 Å². The minimum Gasteiger partial charge on any atom is -0.494 e. The van der Waals surface area contributed by atoms with Crippen molar-refractivity contribution in [3.05, 3.63) is 29.3 Å². The second kappa shape index (κ2) is 7.29. The summed E-state index contributed by atoms with van der Waals surface area (Å²) in [5, 5.41) is 0. The number of hydrogen-bond donors (Lipinski definition) is 0. The quantitative estimate of drug-likeness (QED) is 0.830. The fraction of sp³-hybridized carbons (Fsp3) is 0.562. The highest BCUT2D eigenvalue weighted by Crippen LogP contribution is 2.23. The van der Waals surface area contributed by atoms with Crippen molar-refractivity contribution in [2.24, 2.45) is 0 Å². The van der Waals surface area contributed by atoms with Gasteiger partial charge in [0, 0.05) is 31.3 Å². The number of nitrogens with zero attached hydrogens (tertiary/aromatic N) is 1. The van der Waals surface area contributed by atoms with Gasteiger partial charge in [0.25, 0.3) is 5.91 Å². The smallest absolute Gasteiger partial charge is 0.253 e. The molecule has 1 aliphatic rings. The van der Waals surface area contributed by atoms with E-state index in [0.29, 0.717) is 13.2 Å². The van der Waals surface area contributed by atoms with Crippen LogP contribution in [0.3, 0.4) is 0 Å². The summed E-state index contributed by atoms with van der Waals surface area (Å²) in [4.78, 5) is 14.4. The molecule has 1 amide bonds. The number of methoxy groups -OCH3 is 1. The zero-order chi connectivity index (χ0) is 14.4. The third-order valence-corrected chi connectivity index (χ3v) is 3.55. The van der Waals surface area contributed by atoms with Crippen LogP contribution in [-0.2, 0) is 11.3 Å². The van der Waals surface area contributed by atoms with Crippen molar-refractivity contribution >= 4 is 5.91 Å². The molecular formula is C16H23NO3. The van der Waals surface area contributed by atoms with Crippen molar-refractivity contribution in [2.75, 3.05) is 26.8 Å². The van der Waals surface area contributed by atoms with Gasteiger partial charge in [-0.25, -0.2) is 0 Å². The summed E-state index contributed by atoms with van der Waals surface area (Å²) in [6.45, 7) is 4.74. The molecule has 0 unspecified atom stereocenters. The van der Waals surface area contributed by atoms with Crippen LogP contribution < -0.4 is 4.74 Å². The van der Waals surface area contributed by atoms with E-state index in [1.165, 1.54) is 6.42 Å². The Hall–Kier alpha value is -1.55. The van der Waals surface area contributed by atoms with E-state index >= 15 is 0 Å². The number of carbonyl (C=O) groups is 1. The van der Waals surface area contributed by atoms with Gasteiger partial charge >= 0.3 is 0 Å².